The van der Waals surface area contributed by atoms with Crippen molar-refractivity contribution < 1.29 is 17.9 Å². The van der Waals surface area contributed by atoms with E-state index in [1.54, 1.807) is 37.3 Å². The van der Waals surface area contributed by atoms with Gasteiger partial charge >= 0.3 is 0 Å². The molecule has 1 aromatic heterocycles. The number of carbonyl (C=O) groups excluding carboxylic acids is 1. The molecule has 3 aromatic rings. The van der Waals surface area contributed by atoms with Crippen LogP contribution in [0.25, 0.3) is 11.0 Å². The molecule has 0 radical (unpaired) electrons. The van der Waals surface area contributed by atoms with Crippen LogP contribution in [0, 0.1) is 0 Å². The van der Waals surface area contributed by atoms with Gasteiger partial charge in [0.15, 0.2) is 0 Å². The van der Waals surface area contributed by atoms with E-state index in [9.17, 15) is 13.2 Å². The lowest BCUT2D eigenvalue weighted by atomic mass is 10.2. The second kappa shape index (κ2) is 9.07. The predicted molar refractivity (Wildman–Crippen MR) is 119 cm³/mol. The molecular weight excluding hydrogens is 416 g/mol. The average molecular weight is 445 g/mol. The lowest BCUT2D eigenvalue weighted by Crippen LogP contribution is -2.26. The van der Waals surface area contributed by atoms with E-state index in [4.69, 9.17) is 4.74 Å². The van der Waals surface area contributed by atoms with Gasteiger partial charge in [-0.3, -0.25) is 4.79 Å². The van der Waals surface area contributed by atoms with Gasteiger partial charge in [0.25, 0.3) is 0 Å². The molecule has 1 amide bonds. The molecule has 31 heavy (non-hydrogen) atoms. The van der Waals surface area contributed by atoms with E-state index in [2.05, 4.69) is 4.98 Å². The minimum atomic E-state index is -3.53. The summed E-state index contributed by atoms with van der Waals surface area (Å²) in [5.74, 6) is 1.53. The minimum Gasteiger partial charge on any atom is -0.497 e. The summed E-state index contributed by atoms with van der Waals surface area (Å²) in [4.78, 5) is 19.1. The van der Waals surface area contributed by atoms with Crippen molar-refractivity contribution in [3.8, 4) is 5.75 Å². The summed E-state index contributed by atoms with van der Waals surface area (Å²) in [6, 6.07) is 12.5. The van der Waals surface area contributed by atoms with Crippen molar-refractivity contribution in [2.75, 3.05) is 28.3 Å². The third-order valence-electron chi connectivity index (χ3n) is 5.29. The summed E-state index contributed by atoms with van der Waals surface area (Å²) in [6.45, 7) is 0.511. The second-order valence-electron chi connectivity index (χ2n) is 7.62. The number of benzene rings is 2. The van der Waals surface area contributed by atoms with Crippen LogP contribution in [0.15, 0.2) is 47.4 Å². The molecule has 0 bridgehead atoms. The number of amides is 1. The summed E-state index contributed by atoms with van der Waals surface area (Å²) in [7, 11) is 4.73. The zero-order valence-corrected chi connectivity index (χ0v) is 19.3. The first-order valence-electron chi connectivity index (χ1n) is 9.88. The van der Waals surface area contributed by atoms with Crippen molar-refractivity contribution in [2.24, 2.45) is 7.05 Å². The number of imidazole rings is 1. The van der Waals surface area contributed by atoms with Crippen molar-refractivity contribution >= 4 is 27.0 Å². The van der Waals surface area contributed by atoms with Crippen LogP contribution < -0.4 is 4.74 Å². The Bertz CT molecular complexity index is 1180. The number of methoxy groups -OCH3 is 1. The number of hydrogen-bond acceptors (Lipinski definition) is 5. The van der Waals surface area contributed by atoms with Crippen molar-refractivity contribution in [1.82, 2.24) is 18.8 Å². The summed E-state index contributed by atoms with van der Waals surface area (Å²) >= 11 is 0. The van der Waals surface area contributed by atoms with Crippen molar-refractivity contribution in [3.05, 3.63) is 53.9 Å². The van der Waals surface area contributed by atoms with Crippen molar-refractivity contribution in [2.45, 2.75) is 24.3 Å². The molecule has 9 heteroatoms. The van der Waals surface area contributed by atoms with Gasteiger partial charge < -0.3 is 14.2 Å². The molecule has 1 heterocycles. The number of hydrogen-bond donors (Lipinski definition) is 0. The Labute approximate surface area is 183 Å². The molecule has 3 rings (SSSR count). The SMILES string of the molecule is COc1ccc(CN(C)C(=O)CCc2nc3cc(S(=O)(=O)N(C)C)ccc3n2C)cc1. The number of rotatable bonds is 8. The molecule has 0 spiro atoms. The zero-order valence-electron chi connectivity index (χ0n) is 18.5. The summed E-state index contributed by atoms with van der Waals surface area (Å²) in [5.41, 5.74) is 2.44. The Morgan fingerprint density at radius 3 is 2.39 bits per heavy atom. The zero-order chi connectivity index (χ0) is 22.8. The maximum absolute atomic E-state index is 12.6. The third kappa shape index (κ3) is 4.88. The average Bonchev–Trinajstić information content (AvgIpc) is 3.07. The van der Waals surface area contributed by atoms with E-state index in [0.29, 0.717) is 24.9 Å². The van der Waals surface area contributed by atoms with E-state index in [-0.39, 0.29) is 10.8 Å². The molecule has 8 nitrogen and oxygen atoms in total. The Morgan fingerprint density at radius 2 is 1.77 bits per heavy atom. The van der Waals surface area contributed by atoms with E-state index < -0.39 is 10.0 Å². The van der Waals surface area contributed by atoms with Crippen LogP contribution in [0.1, 0.15) is 17.8 Å². The van der Waals surface area contributed by atoms with Gasteiger partial charge in [0.1, 0.15) is 11.6 Å². The highest BCUT2D eigenvalue weighted by molar-refractivity contribution is 7.89. The predicted octanol–water partition coefficient (Wildman–Crippen LogP) is 2.42. The molecule has 2 aromatic carbocycles. The van der Waals surface area contributed by atoms with Gasteiger partial charge in [-0.15, -0.1) is 0 Å². The molecule has 0 saturated carbocycles. The number of aromatic nitrogens is 2. The Hall–Kier alpha value is -2.91. The van der Waals surface area contributed by atoms with Crippen LogP contribution >= 0.6 is 0 Å². The molecule has 0 N–H and O–H groups in total. The smallest absolute Gasteiger partial charge is 0.242 e. The summed E-state index contributed by atoms with van der Waals surface area (Å²) in [5, 5.41) is 0. The Morgan fingerprint density at radius 1 is 1.10 bits per heavy atom. The van der Waals surface area contributed by atoms with Gasteiger partial charge in [-0.05, 0) is 35.9 Å². The lowest BCUT2D eigenvalue weighted by Gasteiger charge is -2.17. The molecule has 0 saturated heterocycles. The topological polar surface area (TPSA) is 84.7 Å². The number of aryl methyl sites for hydroxylation is 2. The maximum Gasteiger partial charge on any atom is 0.242 e. The summed E-state index contributed by atoms with van der Waals surface area (Å²) < 4.78 is 33.0. The van der Waals surface area contributed by atoms with Gasteiger partial charge in [0.05, 0.1) is 23.0 Å². The fourth-order valence-electron chi connectivity index (χ4n) is 3.33. The highest BCUT2D eigenvalue weighted by atomic mass is 32.2. The van der Waals surface area contributed by atoms with Crippen LogP contribution in [-0.2, 0) is 34.8 Å². The van der Waals surface area contributed by atoms with Crippen LogP contribution in [0.5, 0.6) is 5.75 Å². The maximum atomic E-state index is 12.6. The molecular formula is C22H28N4O4S. The molecule has 0 atom stereocenters. The van der Waals surface area contributed by atoms with Crippen molar-refractivity contribution in [3.63, 3.8) is 0 Å². The highest BCUT2D eigenvalue weighted by Gasteiger charge is 2.19. The van der Waals surface area contributed by atoms with E-state index >= 15 is 0 Å². The first-order valence-corrected chi connectivity index (χ1v) is 11.3. The Balaban J connectivity index is 1.69. The highest BCUT2D eigenvalue weighted by Crippen LogP contribution is 2.22. The quantitative estimate of drug-likeness (QED) is 0.533. The van der Waals surface area contributed by atoms with E-state index in [1.165, 1.54) is 18.4 Å². The third-order valence-corrected chi connectivity index (χ3v) is 7.10. The van der Waals surface area contributed by atoms with Crippen LogP contribution in [0.3, 0.4) is 0 Å². The van der Waals surface area contributed by atoms with Crippen LogP contribution in [0.2, 0.25) is 0 Å². The lowest BCUT2D eigenvalue weighted by molar-refractivity contribution is -0.130. The monoisotopic (exact) mass is 444 g/mol. The summed E-state index contributed by atoms with van der Waals surface area (Å²) in [6.07, 6.45) is 0.777. The molecule has 0 unspecified atom stereocenters. The normalized spacial score (nSPS) is 11.8. The second-order valence-corrected chi connectivity index (χ2v) is 9.77. The standard InChI is InChI=1S/C22H28N4O4S/c1-24(2)31(28,29)18-10-11-20-19(14-18)23-21(26(20)4)12-13-22(27)25(3)15-16-6-8-17(30-5)9-7-16/h6-11,14H,12-13,15H2,1-5H3. The molecule has 0 aliphatic rings. The van der Waals surface area contributed by atoms with Gasteiger partial charge in [-0.25, -0.2) is 17.7 Å². The van der Waals surface area contributed by atoms with Gasteiger partial charge in [-0.2, -0.15) is 0 Å². The van der Waals surface area contributed by atoms with Gasteiger partial charge in [-0.1, -0.05) is 12.1 Å². The number of nitrogens with zero attached hydrogens (tertiary/aromatic N) is 4. The van der Waals surface area contributed by atoms with Crippen LogP contribution in [-0.4, -0.2) is 61.3 Å². The molecule has 0 fully saturated rings. The molecule has 166 valence electrons. The fourth-order valence-corrected chi connectivity index (χ4v) is 4.25. The van der Waals surface area contributed by atoms with E-state index in [0.717, 1.165) is 22.7 Å². The largest absolute Gasteiger partial charge is 0.497 e. The van der Waals surface area contributed by atoms with Crippen LogP contribution in [0.4, 0.5) is 0 Å². The number of carbonyl (C=O) groups is 1. The number of ether oxygens (including phenoxy) is 1. The number of sulfonamides is 1. The number of fused-ring (bicyclic) bond motifs is 1. The van der Waals surface area contributed by atoms with Crippen molar-refractivity contribution in [1.29, 1.82) is 0 Å². The first-order chi connectivity index (χ1) is 14.6. The molecule has 0 aliphatic carbocycles. The Kier molecular flexibility index (Phi) is 6.66. The van der Waals surface area contributed by atoms with Gasteiger partial charge in [0.2, 0.25) is 15.9 Å². The van der Waals surface area contributed by atoms with E-state index in [1.807, 2.05) is 35.9 Å². The van der Waals surface area contributed by atoms with Gasteiger partial charge in [0, 0.05) is 47.6 Å². The fraction of sp³-hybridized carbons (Fsp3) is 0.364. The molecule has 0 aliphatic heterocycles. The minimum absolute atomic E-state index is 0.0127. The first kappa shape index (κ1) is 22.8.